The van der Waals surface area contributed by atoms with E-state index >= 15 is 0 Å². The highest BCUT2D eigenvalue weighted by Crippen LogP contribution is 2.42. The van der Waals surface area contributed by atoms with Gasteiger partial charge in [-0.3, -0.25) is 9.36 Å². The van der Waals surface area contributed by atoms with E-state index in [0.29, 0.717) is 39.6 Å². The highest BCUT2D eigenvalue weighted by molar-refractivity contribution is 6.32. The average Bonchev–Trinajstić information content (AvgIpc) is 3.52. The first-order chi connectivity index (χ1) is 14.3. The number of ether oxygens (including phenoxy) is 1. The van der Waals surface area contributed by atoms with Crippen molar-refractivity contribution in [2.75, 3.05) is 0 Å². The predicted molar refractivity (Wildman–Crippen MR) is 110 cm³/mol. The molecule has 6 nitrogen and oxygen atoms in total. The highest BCUT2D eigenvalue weighted by Gasteiger charge is 2.33. The van der Waals surface area contributed by atoms with Crippen LogP contribution in [0.15, 0.2) is 23.3 Å². The Labute approximate surface area is 176 Å². The van der Waals surface area contributed by atoms with E-state index in [0.717, 1.165) is 19.3 Å². The molecule has 4 rings (SSSR count). The van der Waals surface area contributed by atoms with Gasteiger partial charge in [-0.05, 0) is 56.7 Å². The van der Waals surface area contributed by atoms with Crippen LogP contribution in [0.25, 0.3) is 22.4 Å². The van der Waals surface area contributed by atoms with Crippen molar-refractivity contribution in [3.63, 3.8) is 0 Å². The maximum atomic E-state index is 13.0. The minimum atomic E-state index is -2.97. The van der Waals surface area contributed by atoms with Crippen molar-refractivity contribution in [3.05, 3.63) is 45.1 Å². The van der Waals surface area contributed by atoms with Gasteiger partial charge >= 0.3 is 6.61 Å². The molecular weight excluding hydrogens is 414 g/mol. The molecular formula is C21H21ClF2N4O2. The van der Waals surface area contributed by atoms with Gasteiger partial charge in [-0.1, -0.05) is 18.5 Å². The Hall–Kier alpha value is -2.61. The van der Waals surface area contributed by atoms with Crippen molar-refractivity contribution < 1.29 is 13.5 Å². The molecule has 2 heterocycles. The van der Waals surface area contributed by atoms with Gasteiger partial charge in [0.25, 0.3) is 5.56 Å². The molecule has 3 aromatic rings. The third kappa shape index (κ3) is 3.64. The summed E-state index contributed by atoms with van der Waals surface area (Å²) in [5, 5.41) is 0.0390. The van der Waals surface area contributed by atoms with Crippen LogP contribution in [0.3, 0.4) is 0 Å². The number of hydrogen-bond acceptors (Lipinski definition) is 5. The van der Waals surface area contributed by atoms with Gasteiger partial charge in [0.05, 0.1) is 5.02 Å². The molecule has 1 aliphatic carbocycles. The molecule has 1 atom stereocenters. The molecule has 158 valence electrons. The number of nitrogens with zero attached hydrogens (tertiary/aromatic N) is 4. The number of fused-ring (bicyclic) bond motifs is 1. The predicted octanol–water partition coefficient (Wildman–Crippen LogP) is 5.09. The zero-order chi connectivity index (χ0) is 21.6. The van der Waals surface area contributed by atoms with Crippen molar-refractivity contribution in [2.45, 2.75) is 52.7 Å². The van der Waals surface area contributed by atoms with Crippen LogP contribution >= 0.6 is 11.6 Å². The Morgan fingerprint density at radius 1 is 1.27 bits per heavy atom. The van der Waals surface area contributed by atoms with E-state index in [1.54, 1.807) is 18.4 Å². The lowest BCUT2D eigenvalue weighted by molar-refractivity contribution is -0.0498. The van der Waals surface area contributed by atoms with Crippen LogP contribution in [0, 0.1) is 19.8 Å². The summed E-state index contributed by atoms with van der Waals surface area (Å²) >= 11 is 6.18. The average molecular weight is 435 g/mol. The van der Waals surface area contributed by atoms with E-state index in [1.165, 1.54) is 18.5 Å². The fourth-order valence-corrected chi connectivity index (χ4v) is 4.15. The van der Waals surface area contributed by atoms with Crippen LogP contribution < -0.4 is 10.3 Å². The van der Waals surface area contributed by atoms with Crippen molar-refractivity contribution in [3.8, 4) is 17.0 Å². The van der Waals surface area contributed by atoms with Gasteiger partial charge in [0.2, 0.25) is 0 Å². The minimum Gasteiger partial charge on any atom is -0.433 e. The van der Waals surface area contributed by atoms with Crippen LogP contribution in [0.1, 0.15) is 43.5 Å². The Morgan fingerprint density at radius 2 is 2.00 bits per heavy atom. The summed E-state index contributed by atoms with van der Waals surface area (Å²) in [5.74, 6) is 0.352. The van der Waals surface area contributed by atoms with E-state index in [9.17, 15) is 13.6 Å². The van der Waals surface area contributed by atoms with Gasteiger partial charge in [-0.25, -0.2) is 15.0 Å². The number of benzene rings is 1. The molecule has 0 radical (unpaired) electrons. The minimum absolute atomic E-state index is 0.0390. The summed E-state index contributed by atoms with van der Waals surface area (Å²) < 4.78 is 31.5. The number of alkyl halides is 2. The monoisotopic (exact) mass is 434 g/mol. The van der Waals surface area contributed by atoms with E-state index < -0.39 is 6.61 Å². The van der Waals surface area contributed by atoms with E-state index in [2.05, 4.69) is 26.6 Å². The maximum absolute atomic E-state index is 13.0. The Balaban J connectivity index is 1.95. The summed E-state index contributed by atoms with van der Waals surface area (Å²) in [6, 6.07) is 3.02. The van der Waals surface area contributed by atoms with E-state index in [1.807, 2.05) is 0 Å². The summed E-state index contributed by atoms with van der Waals surface area (Å²) in [7, 11) is 0. The lowest BCUT2D eigenvalue weighted by atomic mass is 10.0. The lowest BCUT2D eigenvalue weighted by Crippen LogP contribution is -2.29. The van der Waals surface area contributed by atoms with Crippen molar-refractivity contribution in [2.24, 2.45) is 5.92 Å². The normalized spacial score (nSPS) is 15.0. The van der Waals surface area contributed by atoms with Gasteiger partial charge < -0.3 is 4.74 Å². The van der Waals surface area contributed by atoms with Crippen LogP contribution in [-0.4, -0.2) is 26.1 Å². The SMILES string of the molecule is CCC(C1CC1)n1c(=O)c(C)nc2c(-c3cc(Cl)c(OC(F)F)cc3C)ncnc21. The van der Waals surface area contributed by atoms with Crippen molar-refractivity contribution in [1.82, 2.24) is 19.5 Å². The molecule has 0 N–H and O–H groups in total. The molecule has 9 heteroatoms. The van der Waals surface area contributed by atoms with Gasteiger partial charge in [0.1, 0.15) is 29.0 Å². The molecule has 0 bridgehead atoms. The van der Waals surface area contributed by atoms with E-state index in [-0.39, 0.29) is 22.4 Å². The third-order valence-corrected chi connectivity index (χ3v) is 5.80. The second kappa shape index (κ2) is 7.91. The summed E-state index contributed by atoms with van der Waals surface area (Å²) in [5.41, 5.74) is 2.91. The summed E-state index contributed by atoms with van der Waals surface area (Å²) in [4.78, 5) is 26.2. The molecule has 1 aromatic carbocycles. The zero-order valence-electron chi connectivity index (χ0n) is 16.8. The molecule has 1 unspecified atom stereocenters. The molecule has 1 aliphatic rings. The summed E-state index contributed by atoms with van der Waals surface area (Å²) in [6.45, 7) is 2.51. The largest absolute Gasteiger partial charge is 0.433 e. The van der Waals surface area contributed by atoms with Crippen LogP contribution in [0.2, 0.25) is 5.02 Å². The van der Waals surface area contributed by atoms with Crippen molar-refractivity contribution in [1.29, 1.82) is 0 Å². The smallest absolute Gasteiger partial charge is 0.387 e. The second-order valence-electron chi connectivity index (χ2n) is 7.56. The van der Waals surface area contributed by atoms with Crippen LogP contribution in [0.5, 0.6) is 5.75 Å². The van der Waals surface area contributed by atoms with Gasteiger partial charge in [-0.15, -0.1) is 0 Å². The third-order valence-electron chi connectivity index (χ3n) is 5.51. The fourth-order valence-electron chi connectivity index (χ4n) is 3.94. The molecule has 1 saturated carbocycles. The lowest BCUT2D eigenvalue weighted by Gasteiger charge is -2.20. The van der Waals surface area contributed by atoms with Crippen molar-refractivity contribution >= 4 is 22.8 Å². The summed E-state index contributed by atoms with van der Waals surface area (Å²) in [6.07, 6.45) is 4.38. The molecule has 0 aliphatic heterocycles. The van der Waals surface area contributed by atoms with Crippen LogP contribution in [0.4, 0.5) is 8.78 Å². The first-order valence-corrected chi connectivity index (χ1v) is 10.2. The van der Waals surface area contributed by atoms with E-state index in [4.69, 9.17) is 11.6 Å². The van der Waals surface area contributed by atoms with Crippen LogP contribution in [-0.2, 0) is 0 Å². The topological polar surface area (TPSA) is 69.9 Å². The molecule has 1 fully saturated rings. The molecule has 0 amide bonds. The van der Waals surface area contributed by atoms with Gasteiger partial charge in [0.15, 0.2) is 5.65 Å². The number of aryl methyl sites for hydroxylation is 2. The molecule has 0 spiro atoms. The standard InChI is InChI=1S/C21H21ClF2N4O2/c1-4-15(12-5-6-12)28-19-18(27-11(3)20(28)29)17(25-9-26-19)13-8-14(22)16(7-10(13)2)30-21(23)24/h7-9,12,15,21H,4-6H2,1-3H3. The fraction of sp³-hybridized carbons (Fsp3) is 0.429. The zero-order valence-corrected chi connectivity index (χ0v) is 17.6. The van der Waals surface area contributed by atoms with Gasteiger partial charge in [0, 0.05) is 11.6 Å². The quantitative estimate of drug-likeness (QED) is 0.540. The maximum Gasteiger partial charge on any atom is 0.387 e. The first-order valence-electron chi connectivity index (χ1n) is 9.81. The Morgan fingerprint density at radius 3 is 2.63 bits per heavy atom. The Kier molecular flexibility index (Phi) is 5.44. The number of hydrogen-bond donors (Lipinski definition) is 0. The number of rotatable bonds is 6. The molecule has 2 aromatic heterocycles. The second-order valence-corrected chi connectivity index (χ2v) is 7.96. The number of aromatic nitrogens is 4. The Bertz CT molecular complexity index is 1180. The molecule has 0 saturated heterocycles. The highest BCUT2D eigenvalue weighted by atomic mass is 35.5. The molecule has 30 heavy (non-hydrogen) atoms. The first kappa shape index (κ1) is 20.7. The number of halogens is 3. The van der Waals surface area contributed by atoms with Gasteiger partial charge in [-0.2, -0.15) is 8.78 Å².